The Bertz CT molecular complexity index is 295. The summed E-state index contributed by atoms with van der Waals surface area (Å²) in [7, 11) is 1.39. The molecule has 0 aromatic carbocycles. The second-order valence-electron chi connectivity index (χ2n) is 4.92. The van der Waals surface area contributed by atoms with Gasteiger partial charge in [-0.2, -0.15) is 0 Å². The van der Waals surface area contributed by atoms with E-state index in [9.17, 15) is 9.59 Å². The van der Waals surface area contributed by atoms with E-state index in [4.69, 9.17) is 4.74 Å². The Kier molecular flexibility index (Phi) is 3.17. The molecule has 1 atom stereocenters. The molecule has 4 nitrogen and oxygen atoms in total. The third kappa shape index (κ3) is 2.54. The number of amides is 1. The van der Waals surface area contributed by atoms with E-state index >= 15 is 0 Å². The van der Waals surface area contributed by atoms with E-state index < -0.39 is 0 Å². The molecule has 0 bridgehead atoms. The van der Waals surface area contributed by atoms with Gasteiger partial charge in [-0.1, -0.05) is 6.92 Å². The maximum atomic E-state index is 12.0. The first kappa shape index (κ1) is 11.4. The lowest BCUT2D eigenvalue weighted by atomic mass is 10.1. The van der Waals surface area contributed by atoms with Crippen molar-refractivity contribution < 1.29 is 14.3 Å². The highest BCUT2D eigenvalue weighted by Crippen LogP contribution is 2.36. The van der Waals surface area contributed by atoms with Crippen molar-refractivity contribution in [2.75, 3.05) is 13.7 Å². The van der Waals surface area contributed by atoms with Crippen LogP contribution in [0.4, 0.5) is 0 Å². The van der Waals surface area contributed by atoms with Crippen molar-refractivity contribution in [3.8, 4) is 0 Å². The van der Waals surface area contributed by atoms with Gasteiger partial charge in [0, 0.05) is 18.5 Å². The highest BCUT2D eigenvalue weighted by atomic mass is 16.5. The van der Waals surface area contributed by atoms with Crippen LogP contribution in [-0.2, 0) is 14.3 Å². The number of ether oxygens (including phenoxy) is 1. The fourth-order valence-electron chi connectivity index (χ4n) is 1.94. The van der Waals surface area contributed by atoms with Crippen LogP contribution in [0.25, 0.3) is 0 Å². The lowest BCUT2D eigenvalue weighted by Crippen LogP contribution is -2.39. The minimum Gasteiger partial charge on any atom is -0.469 e. The van der Waals surface area contributed by atoms with Gasteiger partial charge >= 0.3 is 5.97 Å². The summed E-state index contributed by atoms with van der Waals surface area (Å²) in [5.74, 6) is 0.0475. The zero-order valence-corrected chi connectivity index (χ0v) is 9.94. The number of rotatable bonds is 5. The lowest BCUT2D eigenvalue weighted by molar-refractivity contribution is -0.146. The minimum atomic E-state index is -0.228. The van der Waals surface area contributed by atoms with Gasteiger partial charge in [0.05, 0.1) is 13.0 Å². The molecule has 2 aliphatic carbocycles. The first-order valence-corrected chi connectivity index (χ1v) is 6.01. The fourth-order valence-corrected chi connectivity index (χ4v) is 1.94. The van der Waals surface area contributed by atoms with Gasteiger partial charge in [-0.05, 0) is 25.7 Å². The zero-order chi connectivity index (χ0) is 11.7. The molecule has 0 spiro atoms. The second kappa shape index (κ2) is 4.44. The maximum Gasteiger partial charge on any atom is 0.310 e. The fraction of sp³-hybridized carbons (Fsp3) is 0.833. The van der Waals surface area contributed by atoms with Crippen molar-refractivity contribution in [2.45, 2.75) is 38.6 Å². The standard InChI is InChI=1S/C12H19NO3/c1-8(12(15)16-2)7-13(10-5-6-10)11(14)9-3-4-9/h8-10H,3-7H2,1-2H3. The second-order valence-corrected chi connectivity index (χ2v) is 4.92. The average Bonchev–Trinajstić information content (AvgIpc) is 3.14. The molecule has 2 rings (SSSR count). The predicted octanol–water partition coefficient (Wildman–Crippen LogP) is 1.20. The summed E-state index contributed by atoms with van der Waals surface area (Å²) in [5, 5.41) is 0. The van der Waals surface area contributed by atoms with Crippen molar-refractivity contribution in [1.82, 2.24) is 4.90 Å². The normalized spacial score (nSPS) is 21.4. The predicted molar refractivity (Wildman–Crippen MR) is 58.6 cm³/mol. The third-order valence-electron chi connectivity index (χ3n) is 3.27. The molecule has 2 saturated carbocycles. The van der Waals surface area contributed by atoms with Gasteiger partial charge < -0.3 is 9.64 Å². The number of carbonyl (C=O) groups excluding carboxylic acids is 2. The average molecular weight is 225 g/mol. The molecule has 2 aliphatic rings. The van der Waals surface area contributed by atoms with Gasteiger partial charge in [0.1, 0.15) is 0 Å². The molecule has 0 radical (unpaired) electrons. The maximum absolute atomic E-state index is 12.0. The van der Waals surface area contributed by atoms with Crippen LogP contribution >= 0.6 is 0 Å². The first-order chi connectivity index (χ1) is 7.63. The number of hydrogen-bond donors (Lipinski definition) is 0. The summed E-state index contributed by atoms with van der Waals surface area (Å²) in [6.07, 6.45) is 4.22. The largest absolute Gasteiger partial charge is 0.469 e. The van der Waals surface area contributed by atoms with E-state index in [1.807, 2.05) is 11.8 Å². The van der Waals surface area contributed by atoms with Crippen LogP contribution in [0.15, 0.2) is 0 Å². The quantitative estimate of drug-likeness (QED) is 0.660. The van der Waals surface area contributed by atoms with Crippen molar-refractivity contribution in [2.24, 2.45) is 11.8 Å². The van der Waals surface area contributed by atoms with Gasteiger partial charge in [0.2, 0.25) is 5.91 Å². The summed E-state index contributed by atoms with van der Waals surface area (Å²) < 4.78 is 4.69. The van der Waals surface area contributed by atoms with Crippen molar-refractivity contribution in [3.63, 3.8) is 0 Å². The lowest BCUT2D eigenvalue weighted by Gasteiger charge is -2.24. The van der Waals surface area contributed by atoms with Crippen LogP contribution < -0.4 is 0 Å². The van der Waals surface area contributed by atoms with Crippen LogP contribution in [-0.4, -0.2) is 36.5 Å². The van der Waals surface area contributed by atoms with Gasteiger partial charge in [-0.15, -0.1) is 0 Å². The van der Waals surface area contributed by atoms with Gasteiger partial charge in [-0.3, -0.25) is 9.59 Å². The van der Waals surface area contributed by atoms with Crippen LogP contribution in [0.2, 0.25) is 0 Å². The Morgan fingerprint density at radius 2 is 1.94 bits per heavy atom. The van der Waals surface area contributed by atoms with E-state index in [0.717, 1.165) is 25.7 Å². The Morgan fingerprint density at radius 3 is 2.38 bits per heavy atom. The molecule has 16 heavy (non-hydrogen) atoms. The molecule has 0 N–H and O–H groups in total. The molecular formula is C12H19NO3. The Hall–Kier alpha value is -1.06. The van der Waals surface area contributed by atoms with Gasteiger partial charge in [0.15, 0.2) is 0 Å². The first-order valence-electron chi connectivity index (χ1n) is 6.01. The van der Waals surface area contributed by atoms with Crippen LogP contribution in [0.1, 0.15) is 32.6 Å². The van der Waals surface area contributed by atoms with Crippen molar-refractivity contribution in [3.05, 3.63) is 0 Å². The molecule has 0 saturated heterocycles. The number of esters is 1. The van der Waals surface area contributed by atoms with E-state index in [0.29, 0.717) is 12.6 Å². The Balaban J connectivity index is 1.91. The number of methoxy groups -OCH3 is 1. The summed E-state index contributed by atoms with van der Waals surface area (Å²) >= 11 is 0. The van der Waals surface area contributed by atoms with E-state index in [2.05, 4.69) is 0 Å². The van der Waals surface area contributed by atoms with E-state index in [1.54, 1.807) is 0 Å². The molecule has 90 valence electrons. The number of nitrogens with zero attached hydrogens (tertiary/aromatic N) is 1. The molecule has 1 unspecified atom stereocenters. The third-order valence-corrected chi connectivity index (χ3v) is 3.27. The van der Waals surface area contributed by atoms with Crippen molar-refractivity contribution in [1.29, 1.82) is 0 Å². The van der Waals surface area contributed by atoms with Gasteiger partial charge in [0.25, 0.3) is 0 Å². The topological polar surface area (TPSA) is 46.6 Å². The summed E-state index contributed by atoms with van der Waals surface area (Å²) in [5.41, 5.74) is 0. The molecule has 4 heteroatoms. The van der Waals surface area contributed by atoms with E-state index in [-0.39, 0.29) is 23.7 Å². The monoisotopic (exact) mass is 225 g/mol. The summed E-state index contributed by atoms with van der Waals surface area (Å²) in [4.78, 5) is 25.2. The molecule has 0 aliphatic heterocycles. The van der Waals surface area contributed by atoms with Gasteiger partial charge in [-0.25, -0.2) is 0 Å². The molecule has 1 amide bonds. The molecule has 0 heterocycles. The van der Waals surface area contributed by atoms with Crippen LogP contribution in [0, 0.1) is 11.8 Å². The highest BCUT2D eigenvalue weighted by molar-refractivity contribution is 5.82. The van der Waals surface area contributed by atoms with E-state index in [1.165, 1.54) is 7.11 Å². The number of hydrogen-bond acceptors (Lipinski definition) is 3. The zero-order valence-electron chi connectivity index (χ0n) is 9.94. The molecule has 2 fully saturated rings. The minimum absolute atomic E-state index is 0.215. The highest BCUT2D eigenvalue weighted by Gasteiger charge is 2.40. The summed E-state index contributed by atoms with van der Waals surface area (Å²) in [6, 6.07) is 0.389. The van der Waals surface area contributed by atoms with Crippen molar-refractivity contribution >= 4 is 11.9 Å². The molecule has 0 aromatic heterocycles. The summed E-state index contributed by atoms with van der Waals surface area (Å²) in [6.45, 7) is 2.34. The smallest absolute Gasteiger partial charge is 0.310 e. The van der Waals surface area contributed by atoms with Crippen LogP contribution in [0.5, 0.6) is 0 Å². The number of carbonyl (C=O) groups is 2. The molecule has 0 aromatic rings. The van der Waals surface area contributed by atoms with Crippen LogP contribution in [0.3, 0.4) is 0 Å². The molecular weight excluding hydrogens is 206 g/mol. The SMILES string of the molecule is COC(=O)C(C)CN(C(=O)C1CC1)C1CC1. The Morgan fingerprint density at radius 1 is 1.31 bits per heavy atom. The Labute approximate surface area is 95.9 Å².